The second-order valence-electron chi connectivity index (χ2n) is 6.79. The van der Waals surface area contributed by atoms with Crippen LogP contribution in [0.4, 0.5) is 4.39 Å². The number of allylic oxidation sites excluding steroid dienone is 9. The van der Waals surface area contributed by atoms with Gasteiger partial charge in [0.1, 0.15) is 5.82 Å². The zero-order valence-electron chi connectivity index (χ0n) is 16.6. The Hall–Kier alpha value is -2.94. The Balaban J connectivity index is 3.17. The number of benzene rings is 1. The van der Waals surface area contributed by atoms with Gasteiger partial charge in [0, 0.05) is 16.7 Å². The summed E-state index contributed by atoms with van der Waals surface area (Å²) in [5, 5.41) is 2.81. The van der Waals surface area contributed by atoms with Crippen LogP contribution in [0.2, 0.25) is 0 Å². The number of amides is 1. The molecule has 0 saturated heterocycles. The molecule has 0 unspecified atom stereocenters. The van der Waals surface area contributed by atoms with E-state index in [0.717, 1.165) is 16.7 Å². The topological polar surface area (TPSA) is 29.1 Å². The zero-order valence-corrected chi connectivity index (χ0v) is 16.6. The maximum Gasteiger partial charge on any atom is 0.255 e. The van der Waals surface area contributed by atoms with Crippen LogP contribution in [0.3, 0.4) is 0 Å². The van der Waals surface area contributed by atoms with Crippen LogP contribution in [-0.4, -0.2) is 5.91 Å². The monoisotopic (exact) mass is 365 g/mol. The number of nitrogens with one attached hydrogen (secondary N) is 1. The molecule has 0 aliphatic rings. The Morgan fingerprint density at radius 3 is 2.22 bits per heavy atom. The second-order valence-corrected chi connectivity index (χ2v) is 6.79. The first kappa shape index (κ1) is 22.1. The molecule has 0 aliphatic heterocycles. The Kier molecular flexibility index (Phi) is 7.92. The lowest BCUT2D eigenvalue weighted by Gasteiger charge is -2.22. The van der Waals surface area contributed by atoms with Crippen molar-refractivity contribution < 1.29 is 9.18 Å². The summed E-state index contributed by atoms with van der Waals surface area (Å²) >= 11 is 0. The van der Waals surface area contributed by atoms with Crippen molar-refractivity contribution in [2.75, 3.05) is 0 Å². The number of carbonyl (C=O) groups excluding carboxylic acids is 1. The van der Waals surface area contributed by atoms with Crippen LogP contribution in [0.25, 0.3) is 0 Å². The molecule has 0 aliphatic carbocycles. The molecule has 0 radical (unpaired) electrons. The molecule has 1 N–H and O–H groups in total. The molecule has 1 aromatic rings. The Morgan fingerprint density at radius 2 is 1.74 bits per heavy atom. The van der Waals surface area contributed by atoms with E-state index in [0.29, 0.717) is 11.3 Å². The predicted molar refractivity (Wildman–Crippen MR) is 113 cm³/mol. The molecule has 27 heavy (non-hydrogen) atoms. The number of carbonyl (C=O) groups is 1. The lowest BCUT2D eigenvalue weighted by atomic mass is 9.82. The van der Waals surface area contributed by atoms with E-state index < -0.39 is 0 Å². The van der Waals surface area contributed by atoms with E-state index in [-0.39, 0.29) is 17.1 Å². The van der Waals surface area contributed by atoms with E-state index in [1.165, 1.54) is 24.3 Å². The molecular weight excluding hydrogens is 337 g/mol. The molecule has 0 spiro atoms. The molecule has 1 amide bonds. The highest BCUT2D eigenvalue weighted by Gasteiger charge is 2.17. The average Bonchev–Trinajstić information content (AvgIpc) is 2.64. The fraction of sp³-hybridized carbons (Fsp3) is 0.208. The van der Waals surface area contributed by atoms with Crippen molar-refractivity contribution in [1.29, 1.82) is 0 Å². The average molecular weight is 365 g/mol. The van der Waals surface area contributed by atoms with Gasteiger partial charge in [0.05, 0.1) is 0 Å². The summed E-state index contributed by atoms with van der Waals surface area (Å²) in [5.41, 5.74) is 3.48. The van der Waals surface area contributed by atoms with E-state index >= 15 is 0 Å². The van der Waals surface area contributed by atoms with Gasteiger partial charge in [-0.25, -0.2) is 4.39 Å². The van der Waals surface area contributed by atoms with Gasteiger partial charge >= 0.3 is 0 Å². The van der Waals surface area contributed by atoms with Gasteiger partial charge in [-0.3, -0.25) is 4.79 Å². The third-order valence-corrected chi connectivity index (χ3v) is 4.28. The van der Waals surface area contributed by atoms with Crippen molar-refractivity contribution in [2.24, 2.45) is 5.41 Å². The molecule has 0 heterocycles. The van der Waals surface area contributed by atoms with Crippen molar-refractivity contribution in [2.45, 2.75) is 27.7 Å². The Labute approximate surface area is 162 Å². The largest absolute Gasteiger partial charge is 0.326 e. The molecule has 0 bridgehead atoms. The maximum atomic E-state index is 13.0. The van der Waals surface area contributed by atoms with Gasteiger partial charge in [-0.1, -0.05) is 51.3 Å². The van der Waals surface area contributed by atoms with Crippen LogP contribution in [0.1, 0.15) is 38.1 Å². The molecule has 2 nitrogen and oxygen atoms in total. The summed E-state index contributed by atoms with van der Waals surface area (Å²) in [6.07, 6.45) is 9.44. The maximum absolute atomic E-state index is 13.0. The fourth-order valence-corrected chi connectivity index (χ4v) is 2.39. The first-order valence-corrected chi connectivity index (χ1v) is 8.73. The van der Waals surface area contributed by atoms with Crippen molar-refractivity contribution in [1.82, 2.24) is 5.32 Å². The first-order chi connectivity index (χ1) is 12.6. The second kappa shape index (κ2) is 9.67. The highest BCUT2D eigenvalue weighted by atomic mass is 19.1. The zero-order chi connectivity index (χ0) is 20.6. The standard InChI is InChI=1S/C24H28FNO/c1-8-17(4)20(16-21(9-2)24(6,7)10-3)15-18(5)26-23(27)19-11-13-22(25)14-12-19/h8-16H,1,3-4H2,2,5-7H3,(H,26,27)/b18-15+,20-16-,21-9+. The minimum atomic E-state index is -0.380. The minimum Gasteiger partial charge on any atom is -0.326 e. The van der Waals surface area contributed by atoms with Gasteiger partial charge in [0.15, 0.2) is 0 Å². The van der Waals surface area contributed by atoms with Crippen molar-refractivity contribution in [3.05, 3.63) is 108 Å². The van der Waals surface area contributed by atoms with Crippen LogP contribution >= 0.6 is 0 Å². The van der Waals surface area contributed by atoms with Crippen molar-refractivity contribution in [3.63, 3.8) is 0 Å². The lowest BCUT2D eigenvalue weighted by molar-refractivity contribution is 0.0966. The number of rotatable bonds is 8. The number of halogens is 1. The van der Waals surface area contributed by atoms with Crippen LogP contribution in [0.15, 0.2) is 96.8 Å². The van der Waals surface area contributed by atoms with E-state index in [1.54, 1.807) is 13.0 Å². The molecular formula is C24H28FNO. The van der Waals surface area contributed by atoms with E-state index in [4.69, 9.17) is 0 Å². The van der Waals surface area contributed by atoms with Crippen molar-refractivity contribution in [3.8, 4) is 0 Å². The quantitative estimate of drug-likeness (QED) is 0.426. The normalized spacial score (nSPS) is 13.1. The van der Waals surface area contributed by atoms with E-state index in [2.05, 4.69) is 38.9 Å². The van der Waals surface area contributed by atoms with Crippen LogP contribution in [-0.2, 0) is 0 Å². The summed E-state index contributed by atoms with van der Waals surface area (Å²) in [5.74, 6) is -0.681. The van der Waals surface area contributed by atoms with Crippen LogP contribution in [0.5, 0.6) is 0 Å². The SMILES string of the molecule is C=CC(=C)C(=C\C(=C/C)C(C)(C)C=C)/C=C(\C)NC(=O)c1ccc(F)cc1. The molecule has 0 aromatic heterocycles. The third kappa shape index (κ3) is 6.37. The summed E-state index contributed by atoms with van der Waals surface area (Å²) < 4.78 is 13.0. The fourth-order valence-electron chi connectivity index (χ4n) is 2.39. The lowest BCUT2D eigenvalue weighted by Crippen LogP contribution is -2.21. The van der Waals surface area contributed by atoms with Gasteiger partial charge in [-0.05, 0) is 60.9 Å². The molecule has 0 saturated carbocycles. The summed E-state index contributed by atoms with van der Waals surface area (Å²) in [7, 11) is 0. The summed E-state index contributed by atoms with van der Waals surface area (Å²) in [4.78, 5) is 12.3. The number of hydrogen-bond donors (Lipinski definition) is 1. The highest BCUT2D eigenvalue weighted by molar-refractivity contribution is 5.95. The van der Waals surface area contributed by atoms with Gasteiger partial charge in [0.2, 0.25) is 0 Å². The van der Waals surface area contributed by atoms with Gasteiger partial charge in [-0.15, -0.1) is 6.58 Å². The molecule has 1 aromatic carbocycles. The Bertz CT molecular complexity index is 820. The first-order valence-electron chi connectivity index (χ1n) is 8.73. The molecule has 142 valence electrons. The van der Waals surface area contributed by atoms with Crippen LogP contribution in [0, 0.1) is 11.2 Å². The molecule has 0 fully saturated rings. The van der Waals surface area contributed by atoms with Gasteiger partial charge in [0.25, 0.3) is 5.91 Å². The van der Waals surface area contributed by atoms with E-state index in [9.17, 15) is 9.18 Å². The Morgan fingerprint density at radius 1 is 1.15 bits per heavy atom. The smallest absolute Gasteiger partial charge is 0.255 e. The number of hydrogen-bond acceptors (Lipinski definition) is 1. The van der Waals surface area contributed by atoms with Gasteiger partial charge in [-0.2, -0.15) is 0 Å². The molecule has 0 atom stereocenters. The predicted octanol–water partition coefficient (Wildman–Crippen LogP) is 6.29. The van der Waals surface area contributed by atoms with Crippen molar-refractivity contribution >= 4 is 5.91 Å². The summed E-state index contributed by atoms with van der Waals surface area (Å²) in [6.45, 7) is 19.6. The molecule has 1 rings (SSSR count). The minimum absolute atomic E-state index is 0.208. The van der Waals surface area contributed by atoms with Gasteiger partial charge < -0.3 is 5.32 Å². The van der Waals surface area contributed by atoms with E-state index in [1.807, 2.05) is 31.2 Å². The highest BCUT2D eigenvalue weighted by Crippen LogP contribution is 2.30. The summed E-state index contributed by atoms with van der Waals surface area (Å²) in [6, 6.07) is 5.41. The third-order valence-electron chi connectivity index (χ3n) is 4.28. The molecule has 3 heteroatoms. The van der Waals surface area contributed by atoms with Crippen LogP contribution < -0.4 is 5.32 Å².